The molecular weight excluding hydrogens is 290 g/mol. The quantitative estimate of drug-likeness (QED) is 0.923. The summed E-state index contributed by atoms with van der Waals surface area (Å²) in [7, 11) is 2.07. The highest BCUT2D eigenvalue weighted by molar-refractivity contribution is 9.10. The predicted octanol–water partition coefficient (Wildman–Crippen LogP) is 4.10. The topological polar surface area (TPSA) is 23.5 Å². The van der Waals surface area contributed by atoms with Crippen molar-refractivity contribution in [2.45, 2.75) is 13.5 Å². The van der Waals surface area contributed by atoms with E-state index in [4.69, 9.17) is 0 Å². The molecular formula is C15H16BrNO. The Kier molecular flexibility index (Phi) is 3.92. The summed E-state index contributed by atoms with van der Waals surface area (Å²) in [5.74, 6) is 0.275. The predicted molar refractivity (Wildman–Crippen MR) is 79.1 cm³/mol. The van der Waals surface area contributed by atoms with Crippen LogP contribution < -0.4 is 4.90 Å². The summed E-state index contributed by atoms with van der Waals surface area (Å²) in [5, 5.41) is 9.48. The number of aryl methyl sites for hydroxylation is 1. The van der Waals surface area contributed by atoms with Crippen molar-refractivity contribution in [3.63, 3.8) is 0 Å². The average Bonchev–Trinajstić information content (AvgIpc) is 2.34. The number of hydrogen-bond donors (Lipinski definition) is 1. The minimum Gasteiger partial charge on any atom is -0.507 e. The van der Waals surface area contributed by atoms with Crippen LogP contribution in [0.15, 0.2) is 46.9 Å². The monoisotopic (exact) mass is 305 g/mol. The first-order valence-electron chi connectivity index (χ1n) is 5.82. The molecule has 0 radical (unpaired) electrons. The third kappa shape index (κ3) is 2.85. The van der Waals surface area contributed by atoms with Gasteiger partial charge in [0.15, 0.2) is 0 Å². The van der Waals surface area contributed by atoms with E-state index in [1.165, 1.54) is 11.3 Å². The van der Waals surface area contributed by atoms with E-state index in [0.717, 1.165) is 16.6 Å². The van der Waals surface area contributed by atoms with Gasteiger partial charge in [0, 0.05) is 19.3 Å². The molecule has 3 heteroatoms. The number of halogens is 1. The molecule has 2 nitrogen and oxygen atoms in total. The first kappa shape index (κ1) is 13.0. The fourth-order valence-electron chi connectivity index (χ4n) is 2.00. The number of nitrogens with zero attached hydrogens (tertiary/aromatic N) is 1. The normalized spacial score (nSPS) is 10.4. The molecule has 0 spiro atoms. The van der Waals surface area contributed by atoms with Crippen LogP contribution >= 0.6 is 15.9 Å². The Bertz CT molecular complexity index is 554. The van der Waals surface area contributed by atoms with Gasteiger partial charge >= 0.3 is 0 Å². The van der Waals surface area contributed by atoms with Crippen LogP contribution in [-0.4, -0.2) is 12.2 Å². The summed E-state index contributed by atoms with van der Waals surface area (Å²) in [5.41, 5.74) is 3.64. The molecule has 0 amide bonds. The van der Waals surface area contributed by atoms with Gasteiger partial charge in [-0.1, -0.05) is 24.3 Å². The minimum atomic E-state index is 0.275. The first-order chi connectivity index (χ1) is 8.58. The number of anilines is 1. The van der Waals surface area contributed by atoms with Crippen molar-refractivity contribution < 1.29 is 5.11 Å². The molecule has 0 saturated heterocycles. The molecule has 0 heterocycles. The highest BCUT2D eigenvalue weighted by Gasteiger charge is 2.06. The van der Waals surface area contributed by atoms with Crippen molar-refractivity contribution in [3.8, 4) is 5.75 Å². The van der Waals surface area contributed by atoms with E-state index in [2.05, 4.69) is 46.9 Å². The highest BCUT2D eigenvalue weighted by Crippen LogP contribution is 2.26. The lowest BCUT2D eigenvalue weighted by atomic mass is 10.1. The van der Waals surface area contributed by atoms with Crippen LogP contribution in [0.1, 0.15) is 11.1 Å². The van der Waals surface area contributed by atoms with Crippen molar-refractivity contribution >= 4 is 21.6 Å². The van der Waals surface area contributed by atoms with Crippen LogP contribution in [0.25, 0.3) is 0 Å². The first-order valence-corrected chi connectivity index (χ1v) is 6.61. The summed E-state index contributed by atoms with van der Waals surface area (Å²) < 4.78 is 0.734. The zero-order valence-electron chi connectivity index (χ0n) is 10.5. The number of benzene rings is 2. The van der Waals surface area contributed by atoms with Crippen LogP contribution in [-0.2, 0) is 6.54 Å². The summed E-state index contributed by atoms with van der Waals surface area (Å²) in [6.45, 7) is 2.92. The van der Waals surface area contributed by atoms with Gasteiger partial charge in [-0.2, -0.15) is 0 Å². The second-order valence-corrected chi connectivity index (χ2v) is 5.28. The third-order valence-electron chi connectivity index (χ3n) is 2.96. The lowest BCUT2D eigenvalue weighted by Gasteiger charge is -2.21. The molecule has 0 saturated carbocycles. The second-order valence-electron chi connectivity index (χ2n) is 4.43. The molecule has 2 aromatic rings. The van der Waals surface area contributed by atoms with E-state index < -0.39 is 0 Å². The van der Waals surface area contributed by atoms with Gasteiger partial charge in [0.25, 0.3) is 0 Å². The Labute approximate surface area is 116 Å². The number of para-hydroxylation sites is 1. The number of hydrogen-bond acceptors (Lipinski definition) is 2. The van der Waals surface area contributed by atoms with Gasteiger partial charge in [-0.05, 0) is 52.2 Å². The van der Waals surface area contributed by atoms with Gasteiger partial charge in [-0.25, -0.2) is 0 Å². The Morgan fingerprint density at radius 2 is 1.89 bits per heavy atom. The Morgan fingerprint density at radius 3 is 2.56 bits per heavy atom. The lowest BCUT2D eigenvalue weighted by molar-refractivity contribution is 0.471. The molecule has 94 valence electrons. The maximum atomic E-state index is 9.48. The Morgan fingerprint density at radius 1 is 1.17 bits per heavy atom. The molecule has 18 heavy (non-hydrogen) atoms. The van der Waals surface area contributed by atoms with Crippen molar-refractivity contribution in [2.75, 3.05) is 11.9 Å². The lowest BCUT2D eigenvalue weighted by Crippen LogP contribution is -2.17. The SMILES string of the molecule is Cc1ccccc1N(C)Cc1ccc(O)c(Br)c1. The highest BCUT2D eigenvalue weighted by atomic mass is 79.9. The molecule has 0 aliphatic rings. The molecule has 0 aliphatic heterocycles. The average molecular weight is 306 g/mol. The van der Waals surface area contributed by atoms with Crippen LogP contribution in [0.4, 0.5) is 5.69 Å². The van der Waals surface area contributed by atoms with Crippen molar-refractivity contribution in [2.24, 2.45) is 0 Å². The molecule has 0 bridgehead atoms. The van der Waals surface area contributed by atoms with Gasteiger partial charge in [-0.15, -0.1) is 0 Å². The van der Waals surface area contributed by atoms with Gasteiger partial charge in [0.2, 0.25) is 0 Å². The molecule has 2 rings (SSSR count). The maximum absolute atomic E-state index is 9.48. The van der Waals surface area contributed by atoms with Crippen molar-refractivity contribution in [3.05, 3.63) is 58.1 Å². The fourth-order valence-corrected chi connectivity index (χ4v) is 2.43. The standard InChI is InChI=1S/C15H16BrNO/c1-11-5-3-4-6-14(11)17(2)10-12-7-8-15(18)13(16)9-12/h3-9,18H,10H2,1-2H3. The zero-order valence-corrected chi connectivity index (χ0v) is 12.1. The maximum Gasteiger partial charge on any atom is 0.129 e. The summed E-state index contributed by atoms with van der Waals surface area (Å²) in [6.07, 6.45) is 0. The van der Waals surface area contributed by atoms with E-state index >= 15 is 0 Å². The van der Waals surface area contributed by atoms with Crippen LogP contribution in [0, 0.1) is 6.92 Å². The van der Waals surface area contributed by atoms with E-state index in [-0.39, 0.29) is 5.75 Å². The fraction of sp³-hybridized carbons (Fsp3) is 0.200. The van der Waals surface area contributed by atoms with Crippen LogP contribution in [0.3, 0.4) is 0 Å². The third-order valence-corrected chi connectivity index (χ3v) is 3.59. The van der Waals surface area contributed by atoms with Crippen molar-refractivity contribution in [1.29, 1.82) is 0 Å². The number of phenolic OH excluding ortho intramolecular Hbond substituents is 1. The summed E-state index contributed by atoms with van der Waals surface area (Å²) >= 11 is 3.34. The Hall–Kier alpha value is -1.48. The van der Waals surface area contributed by atoms with E-state index in [1.807, 2.05) is 24.3 Å². The van der Waals surface area contributed by atoms with Crippen LogP contribution in [0.2, 0.25) is 0 Å². The Balaban J connectivity index is 2.19. The molecule has 0 aromatic heterocycles. The van der Waals surface area contributed by atoms with Crippen molar-refractivity contribution in [1.82, 2.24) is 0 Å². The number of rotatable bonds is 3. The molecule has 0 fully saturated rings. The largest absolute Gasteiger partial charge is 0.507 e. The molecule has 0 atom stereocenters. The van der Waals surface area contributed by atoms with Gasteiger partial charge in [-0.3, -0.25) is 0 Å². The summed E-state index contributed by atoms with van der Waals surface area (Å²) in [4.78, 5) is 2.20. The summed E-state index contributed by atoms with van der Waals surface area (Å²) in [6, 6.07) is 13.9. The molecule has 1 N–H and O–H groups in total. The van der Waals surface area contributed by atoms with Gasteiger partial charge in [0.1, 0.15) is 5.75 Å². The minimum absolute atomic E-state index is 0.275. The van der Waals surface area contributed by atoms with E-state index in [1.54, 1.807) is 6.07 Å². The van der Waals surface area contributed by atoms with Crippen LogP contribution in [0.5, 0.6) is 5.75 Å². The van der Waals surface area contributed by atoms with E-state index in [0.29, 0.717) is 0 Å². The molecule has 2 aromatic carbocycles. The molecule has 0 aliphatic carbocycles. The smallest absolute Gasteiger partial charge is 0.129 e. The number of aromatic hydroxyl groups is 1. The number of phenols is 1. The van der Waals surface area contributed by atoms with Gasteiger partial charge < -0.3 is 10.0 Å². The van der Waals surface area contributed by atoms with E-state index in [9.17, 15) is 5.11 Å². The van der Waals surface area contributed by atoms with Gasteiger partial charge in [0.05, 0.1) is 4.47 Å². The molecule has 0 unspecified atom stereocenters. The second kappa shape index (κ2) is 5.44. The zero-order chi connectivity index (χ0) is 13.1.